The van der Waals surface area contributed by atoms with Crippen molar-refractivity contribution in [2.75, 3.05) is 13.3 Å². The maximum Gasteiger partial charge on any atom is 0.416 e. The number of aliphatic hydroxyl groups is 1. The summed E-state index contributed by atoms with van der Waals surface area (Å²) in [6.45, 7) is -0.0952. The van der Waals surface area contributed by atoms with E-state index in [0.717, 1.165) is 12.1 Å². The number of halogens is 3. The van der Waals surface area contributed by atoms with Crippen LogP contribution in [0.1, 0.15) is 36.8 Å². The summed E-state index contributed by atoms with van der Waals surface area (Å²) in [5.74, 6) is 0.147. The fourth-order valence-electron chi connectivity index (χ4n) is 3.79. The van der Waals surface area contributed by atoms with Gasteiger partial charge in [0.15, 0.2) is 6.73 Å². The molecule has 1 aliphatic heterocycles. The Morgan fingerprint density at radius 1 is 1.44 bits per heavy atom. The molecule has 0 aromatic heterocycles. The Balaban J connectivity index is 1.82. The molecule has 3 rings (SSSR count). The third-order valence-corrected chi connectivity index (χ3v) is 5.10. The van der Waals surface area contributed by atoms with Gasteiger partial charge in [0.1, 0.15) is 5.75 Å². The smallest absolute Gasteiger partial charge is 0.416 e. The Kier molecular flexibility index (Phi) is 4.68. The van der Waals surface area contributed by atoms with Gasteiger partial charge in [0.25, 0.3) is 0 Å². The maximum atomic E-state index is 13.0. The first kappa shape index (κ1) is 18.0. The van der Waals surface area contributed by atoms with Crippen molar-refractivity contribution in [1.29, 1.82) is 0 Å². The quantitative estimate of drug-likeness (QED) is 0.869. The Hall–Kier alpha value is -1.80. The van der Waals surface area contributed by atoms with Crippen LogP contribution in [-0.4, -0.2) is 35.3 Å². The van der Waals surface area contributed by atoms with Crippen LogP contribution in [0.5, 0.6) is 5.75 Å². The Labute approximate surface area is 143 Å². The maximum absolute atomic E-state index is 13.0. The number of ether oxygens (including phenoxy) is 1. The molecule has 25 heavy (non-hydrogen) atoms. The lowest BCUT2D eigenvalue weighted by Gasteiger charge is -2.37. The number of alkyl halides is 3. The van der Waals surface area contributed by atoms with Crippen LogP contribution in [0.3, 0.4) is 0 Å². The lowest BCUT2D eigenvalue weighted by molar-refractivity contribution is -0.148. The summed E-state index contributed by atoms with van der Waals surface area (Å²) in [6.07, 6.45) is -2.42. The van der Waals surface area contributed by atoms with Gasteiger partial charge in [0, 0.05) is 18.2 Å². The Morgan fingerprint density at radius 3 is 2.80 bits per heavy atom. The lowest BCUT2D eigenvalue weighted by atomic mass is 9.81. The van der Waals surface area contributed by atoms with Crippen molar-refractivity contribution in [3.05, 3.63) is 29.3 Å². The molecule has 2 atom stereocenters. The first-order chi connectivity index (χ1) is 11.7. The minimum atomic E-state index is -4.45. The van der Waals surface area contributed by atoms with Crippen molar-refractivity contribution >= 4 is 5.91 Å². The summed E-state index contributed by atoms with van der Waals surface area (Å²) >= 11 is 0. The minimum Gasteiger partial charge on any atom is -0.473 e. The van der Waals surface area contributed by atoms with E-state index in [9.17, 15) is 23.1 Å². The van der Waals surface area contributed by atoms with Gasteiger partial charge in [0.2, 0.25) is 5.91 Å². The van der Waals surface area contributed by atoms with Crippen molar-refractivity contribution < 1.29 is 27.8 Å². The van der Waals surface area contributed by atoms with Crippen molar-refractivity contribution in [2.45, 2.75) is 44.4 Å². The standard InChI is InChI=1S/C17H21F3N2O3/c18-17(19,20)12-1-2-14-11(7-12)9-22(10-25-14)15(24)16(5-6-23)4-3-13(21)8-16/h1-2,7,13,23H,3-6,8-10,21H2/t13?,16-/m1/s1. The highest BCUT2D eigenvalue weighted by Gasteiger charge is 2.46. The minimum absolute atomic E-state index is 0.0143. The third-order valence-electron chi connectivity index (χ3n) is 5.10. The fraction of sp³-hybridized carbons (Fsp3) is 0.588. The number of carbonyl (C=O) groups is 1. The van der Waals surface area contributed by atoms with Gasteiger partial charge >= 0.3 is 6.18 Å². The fourth-order valence-corrected chi connectivity index (χ4v) is 3.79. The molecule has 3 N–H and O–H groups in total. The number of aliphatic hydroxyl groups excluding tert-OH is 1. The summed E-state index contributed by atoms with van der Waals surface area (Å²) in [6, 6.07) is 3.17. The zero-order valence-electron chi connectivity index (χ0n) is 13.7. The van der Waals surface area contributed by atoms with Gasteiger partial charge < -0.3 is 20.5 Å². The van der Waals surface area contributed by atoms with Gasteiger partial charge in [-0.2, -0.15) is 13.2 Å². The van der Waals surface area contributed by atoms with Crippen LogP contribution in [0.25, 0.3) is 0 Å². The molecular weight excluding hydrogens is 337 g/mol. The number of nitrogens with zero attached hydrogens (tertiary/aromatic N) is 1. The summed E-state index contributed by atoms with van der Waals surface area (Å²) in [4.78, 5) is 14.4. The summed E-state index contributed by atoms with van der Waals surface area (Å²) in [5.41, 5.74) is 4.75. The van der Waals surface area contributed by atoms with E-state index in [1.807, 2.05) is 0 Å². The molecule has 1 heterocycles. The number of carbonyl (C=O) groups excluding carboxylic acids is 1. The number of benzene rings is 1. The first-order valence-electron chi connectivity index (χ1n) is 8.24. The SMILES string of the molecule is NC1CC[C@](CCO)(C(=O)N2COc3ccc(C(F)(F)F)cc3C2)C1. The van der Waals surface area contributed by atoms with Crippen molar-refractivity contribution in [1.82, 2.24) is 4.90 Å². The second kappa shape index (κ2) is 6.49. The number of rotatable bonds is 3. The van der Waals surface area contributed by atoms with E-state index in [1.165, 1.54) is 11.0 Å². The van der Waals surface area contributed by atoms with Crippen LogP contribution >= 0.6 is 0 Å². The van der Waals surface area contributed by atoms with Crippen molar-refractivity contribution in [3.63, 3.8) is 0 Å². The molecule has 2 aliphatic rings. The van der Waals surface area contributed by atoms with Gasteiger partial charge in [-0.05, 0) is 43.9 Å². The van der Waals surface area contributed by atoms with E-state index >= 15 is 0 Å². The van der Waals surface area contributed by atoms with Crippen LogP contribution in [0.2, 0.25) is 0 Å². The van der Waals surface area contributed by atoms with Crippen LogP contribution in [-0.2, 0) is 17.5 Å². The molecule has 5 nitrogen and oxygen atoms in total. The molecule has 1 amide bonds. The molecule has 0 saturated heterocycles. The number of hydrogen-bond donors (Lipinski definition) is 2. The van der Waals surface area contributed by atoms with Gasteiger partial charge in [-0.25, -0.2) is 0 Å². The van der Waals surface area contributed by atoms with Crippen LogP contribution in [0.15, 0.2) is 18.2 Å². The van der Waals surface area contributed by atoms with E-state index in [0.29, 0.717) is 37.0 Å². The van der Waals surface area contributed by atoms with Gasteiger partial charge in [-0.3, -0.25) is 4.79 Å². The number of hydrogen-bond acceptors (Lipinski definition) is 4. The second-order valence-corrected chi connectivity index (χ2v) is 6.85. The molecule has 1 unspecified atom stereocenters. The predicted molar refractivity (Wildman–Crippen MR) is 83.5 cm³/mol. The molecule has 0 bridgehead atoms. The summed E-state index contributed by atoms with van der Waals surface area (Å²) in [7, 11) is 0. The largest absolute Gasteiger partial charge is 0.473 e. The molecule has 8 heteroatoms. The molecule has 138 valence electrons. The van der Waals surface area contributed by atoms with E-state index in [4.69, 9.17) is 10.5 Å². The third kappa shape index (κ3) is 3.46. The monoisotopic (exact) mass is 358 g/mol. The highest BCUT2D eigenvalue weighted by molar-refractivity contribution is 5.83. The van der Waals surface area contributed by atoms with Crippen LogP contribution in [0.4, 0.5) is 13.2 Å². The summed E-state index contributed by atoms with van der Waals surface area (Å²) < 4.78 is 44.2. The molecule has 1 fully saturated rings. The topological polar surface area (TPSA) is 75.8 Å². The molecule has 1 aromatic carbocycles. The summed E-state index contributed by atoms with van der Waals surface area (Å²) in [5, 5.41) is 9.34. The molecule has 0 radical (unpaired) electrons. The average Bonchev–Trinajstić information content (AvgIpc) is 2.94. The zero-order chi connectivity index (χ0) is 18.2. The zero-order valence-corrected chi connectivity index (χ0v) is 13.7. The molecule has 1 aliphatic carbocycles. The molecule has 1 aromatic rings. The average molecular weight is 358 g/mol. The van der Waals surface area contributed by atoms with Crippen LogP contribution < -0.4 is 10.5 Å². The van der Waals surface area contributed by atoms with Gasteiger partial charge in [0.05, 0.1) is 17.5 Å². The van der Waals surface area contributed by atoms with E-state index < -0.39 is 17.2 Å². The van der Waals surface area contributed by atoms with E-state index in [1.54, 1.807) is 0 Å². The molecule has 1 saturated carbocycles. The predicted octanol–water partition coefficient (Wildman–Crippen LogP) is 2.26. The van der Waals surface area contributed by atoms with E-state index in [2.05, 4.69) is 0 Å². The number of fused-ring (bicyclic) bond motifs is 1. The van der Waals surface area contributed by atoms with Crippen molar-refractivity contribution in [2.24, 2.45) is 11.1 Å². The first-order valence-corrected chi connectivity index (χ1v) is 8.24. The van der Waals surface area contributed by atoms with Crippen molar-refractivity contribution in [3.8, 4) is 5.75 Å². The number of nitrogens with two attached hydrogens (primary N) is 1. The second-order valence-electron chi connectivity index (χ2n) is 6.85. The van der Waals surface area contributed by atoms with Gasteiger partial charge in [-0.15, -0.1) is 0 Å². The van der Waals surface area contributed by atoms with Crippen LogP contribution in [0, 0.1) is 5.41 Å². The Morgan fingerprint density at radius 2 is 2.20 bits per heavy atom. The van der Waals surface area contributed by atoms with Gasteiger partial charge in [-0.1, -0.05) is 0 Å². The molecular formula is C17H21F3N2O3. The molecule has 0 spiro atoms. The highest BCUT2D eigenvalue weighted by atomic mass is 19.4. The highest BCUT2D eigenvalue weighted by Crippen LogP contribution is 2.43. The Bertz CT molecular complexity index is 661. The lowest BCUT2D eigenvalue weighted by Crippen LogP contribution is -2.46. The van der Waals surface area contributed by atoms with E-state index in [-0.39, 0.29) is 31.8 Å². The normalized spacial score (nSPS) is 26.3. The number of amides is 1.